The third-order valence-corrected chi connectivity index (χ3v) is 4.32. The van der Waals surface area contributed by atoms with Crippen molar-refractivity contribution in [1.29, 1.82) is 0 Å². The standard InChI is InChI=1S/C12H16N4O6S/c1-22-13-12(17)9-2-3-10(11(8-9)16(18)19)14-4-6-15(7-5-14)23(20)21/h2-3,8,23H,4-7H2,1H3,(H,13,17). The molecule has 0 saturated carbocycles. The molecule has 0 bridgehead atoms. The van der Waals surface area contributed by atoms with Crippen molar-refractivity contribution in [2.75, 3.05) is 38.2 Å². The Morgan fingerprint density at radius 3 is 2.48 bits per heavy atom. The van der Waals surface area contributed by atoms with E-state index in [4.69, 9.17) is 0 Å². The minimum Gasteiger partial charge on any atom is -0.363 e. The molecule has 126 valence electrons. The molecular weight excluding hydrogens is 328 g/mol. The van der Waals surface area contributed by atoms with Gasteiger partial charge in [-0.25, -0.2) is 18.2 Å². The van der Waals surface area contributed by atoms with E-state index in [0.29, 0.717) is 18.8 Å². The summed E-state index contributed by atoms with van der Waals surface area (Å²) in [7, 11) is -1.37. The number of benzene rings is 1. The lowest BCUT2D eigenvalue weighted by Crippen LogP contribution is -2.45. The molecule has 0 radical (unpaired) electrons. The molecule has 1 saturated heterocycles. The molecule has 0 atom stereocenters. The van der Waals surface area contributed by atoms with Crippen LogP contribution in [0.5, 0.6) is 0 Å². The number of anilines is 1. The van der Waals surface area contributed by atoms with E-state index in [2.05, 4.69) is 10.3 Å². The maximum absolute atomic E-state index is 11.7. The highest BCUT2D eigenvalue weighted by molar-refractivity contribution is 7.69. The van der Waals surface area contributed by atoms with E-state index in [0.717, 1.165) is 0 Å². The van der Waals surface area contributed by atoms with Gasteiger partial charge in [-0.15, -0.1) is 0 Å². The van der Waals surface area contributed by atoms with E-state index in [9.17, 15) is 23.3 Å². The van der Waals surface area contributed by atoms with Gasteiger partial charge in [0.25, 0.3) is 11.6 Å². The van der Waals surface area contributed by atoms with Gasteiger partial charge in [-0.05, 0) is 12.1 Å². The van der Waals surface area contributed by atoms with Gasteiger partial charge in [0.15, 0.2) is 0 Å². The normalized spacial score (nSPS) is 15.7. The lowest BCUT2D eigenvalue weighted by molar-refractivity contribution is -0.384. The van der Waals surface area contributed by atoms with Gasteiger partial charge in [-0.2, -0.15) is 0 Å². The third-order valence-electron chi connectivity index (χ3n) is 3.46. The molecule has 1 fully saturated rings. The van der Waals surface area contributed by atoms with Crippen molar-refractivity contribution >= 4 is 28.2 Å². The first-order chi connectivity index (χ1) is 10.9. The van der Waals surface area contributed by atoms with Gasteiger partial charge >= 0.3 is 0 Å². The Balaban J connectivity index is 2.25. The van der Waals surface area contributed by atoms with Crippen LogP contribution in [0.15, 0.2) is 18.2 Å². The first-order valence-corrected chi connectivity index (χ1v) is 7.83. The minimum absolute atomic E-state index is 0.101. The molecular formula is C12H16N4O6S. The number of nitrogens with zero attached hydrogens (tertiary/aromatic N) is 3. The molecule has 0 unspecified atom stereocenters. The summed E-state index contributed by atoms with van der Waals surface area (Å²) in [5.41, 5.74) is 2.33. The maximum atomic E-state index is 11.7. The number of rotatable bonds is 5. The first-order valence-electron chi connectivity index (χ1n) is 6.70. The van der Waals surface area contributed by atoms with E-state index < -0.39 is 21.7 Å². The molecule has 0 spiro atoms. The molecule has 10 nitrogen and oxygen atoms in total. The maximum Gasteiger partial charge on any atom is 0.293 e. The van der Waals surface area contributed by atoms with Crippen molar-refractivity contribution in [2.24, 2.45) is 0 Å². The van der Waals surface area contributed by atoms with Gasteiger partial charge in [-0.3, -0.25) is 19.7 Å². The quantitative estimate of drug-likeness (QED) is 0.421. The number of nitro groups is 1. The zero-order valence-corrected chi connectivity index (χ0v) is 13.2. The van der Waals surface area contributed by atoms with Crippen LogP contribution in [0.3, 0.4) is 0 Å². The molecule has 11 heteroatoms. The fourth-order valence-corrected chi connectivity index (χ4v) is 2.84. The molecule has 1 N–H and O–H groups in total. The molecule has 2 rings (SSSR count). The predicted octanol–water partition coefficient (Wildman–Crippen LogP) is -0.466. The number of nitrogens with one attached hydrogen (secondary N) is 1. The molecule has 1 aromatic rings. The number of piperazine rings is 1. The highest BCUT2D eigenvalue weighted by atomic mass is 32.2. The Morgan fingerprint density at radius 1 is 1.30 bits per heavy atom. The lowest BCUT2D eigenvalue weighted by atomic mass is 10.1. The van der Waals surface area contributed by atoms with Crippen LogP contribution < -0.4 is 10.4 Å². The Hall–Kier alpha value is -2.24. The van der Waals surface area contributed by atoms with Gasteiger partial charge in [0.2, 0.25) is 10.9 Å². The van der Waals surface area contributed by atoms with Crippen LogP contribution in [0.2, 0.25) is 0 Å². The average Bonchev–Trinajstić information content (AvgIpc) is 2.54. The van der Waals surface area contributed by atoms with Crippen LogP contribution in [0, 0.1) is 10.1 Å². The third kappa shape index (κ3) is 3.94. The molecule has 1 heterocycles. The van der Waals surface area contributed by atoms with Crippen LogP contribution in [0.25, 0.3) is 0 Å². The summed E-state index contributed by atoms with van der Waals surface area (Å²) in [4.78, 5) is 28.6. The molecule has 0 aromatic heterocycles. The van der Waals surface area contributed by atoms with Crippen molar-refractivity contribution in [3.05, 3.63) is 33.9 Å². The summed E-state index contributed by atoms with van der Waals surface area (Å²) in [5.74, 6) is -0.588. The van der Waals surface area contributed by atoms with E-state index in [1.807, 2.05) is 0 Å². The van der Waals surface area contributed by atoms with Crippen molar-refractivity contribution < 1.29 is 23.0 Å². The molecule has 23 heavy (non-hydrogen) atoms. The van der Waals surface area contributed by atoms with Crippen molar-refractivity contribution in [3.63, 3.8) is 0 Å². The smallest absolute Gasteiger partial charge is 0.293 e. The first kappa shape index (κ1) is 17.1. The van der Waals surface area contributed by atoms with Crippen LogP contribution in [0.4, 0.5) is 11.4 Å². The fourth-order valence-electron chi connectivity index (χ4n) is 2.33. The Morgan fingerprint density at radius 2 is 1.96 bits per heavy atom. The zero-order chi connectivity index (χ0) is 17.0. The minimum atomic E-state index is -2.64. The summed E-state index contributed by atoms with van der Waals surface area (Å²) in [5, 5.41) is 11.3. The second-order valence-electron chi connectivity index (χ2n) is 4.77. The van der Waals surface area contributed by atoms with Gasteiger partial charge in [0, 0.05) is 37.8 Å². The highest BCUT2D eigenvalue weighted by Gasteiger charge is 2.25. The Kier molecular flexibility index (Phi) is 5.47. The van der Waals surface area contributed by atoms with E-state index in [1.165, 1.54) is 29.6 Å². The molecule has 1 amide bonds. The molecule has 1 aliphatic heterocycles. The summed E-state index contributed by atoms with van der Waals surface area (Å²) in [6.07, 6.45) is 0. The molecule has 0 aliphatic carbocycles. The summed E-state index contributed by atoms with van der Waals surface area (Å²) in [6, 6.07) is 4.11. The number of nitro benzene ring substituents is 1. The highest BCUT2D eigenvalue weighted by Crippen LogP contribution is 2.30. The summed E-state index contributed by atoms with van der Waals surface area (Å²) in [6.45, 7) is 1.21. The van der Waals surface area contributed by atoms with E-state index in [-0.39, 0.29) is 24.3 Å². The van der Waals surface area contributed by atoms with Crippen molar-refractivity contribution in [3.8, 4) is 0 Å². The Bertz CT molecular complexity index is 676. The number of amides is 1. The molecule has 1 aliphatic rings. The summed E-state index contributed by atoms with van der Waals surface area (Å²) < 4.78 is 23.2. The average molecular weight is 344 g/mol. The fraction of sp³-hybridized carbons (Fsp3) is 0.417. The topological polar surface area (TPSA) is 122 Å². The van der Waals surface area contributed by atoms with Crippen molar-refractivity contribution in [2.45, 2.75) is 0 Å². The lowest BCUT2D eigenvalue weighted by Gasteiger charge is -2.32. The number of carbonyl (C=O) groups is 1. The van der Waals surface area contributed by atoms with Crippen LogP contribution in [-0.4, -0.2) is 56.8 Å². The predicted molar refractivity (Wildman–Crippen MR) is 81.7 cm³/mol. The summed E-state index contributed by atoms with van der Waals surface area (Å²) >= 11 is 0. The van der Waals surface area contributed by atoms with Crippen LogP contribution in [0.1, 0.15) is 10.4 Å². The SMILES string of the molecule is CONC(=O)c1ccc(N2CCN([SH](=O)=O)CC2)c([N+](=O)[O-])c1. The largest absolute Gasteiger partial charge is 0.363 e. The number of hydrogen-bond donors (Lipinski definition) is 2. The van der Waals surface area contributed by atoms with Gasteiger partial charge in [-0.1, -0.05) is 0 Å². The van der Waals surface area contributed by atoms with E-state index >= 15 is 0 Å². The molecule has 1 aromatic carbocycles. The zero-order valence-electron chi connectivity index (χ0n) is 12.3. The second kappa shape index (κ2) is 7.35. The second-order valence-corrected chi connectivity index (χ2v) is 5.82. The van der Waals surface area contributed by atoms with Crippen molar-refractivity contribution in [1.82, 2.24) is 9.79 Å². The van der Waals surface area contributed by atoms with Gasteiger partial charge < -0.3 is 4.90 Å². The number of hydroxylamine groups is 1. The monoisotopic (exact) mass is 344 g/mol. The number of hydrogen-bond acceptors (Lipinski definition) is 7. The van der Waals surface area contributed by atoms with Gasteiger partial charge in [0.1, 0.15) is 5.69 Å². The van der Waals surface area contributed by atoms with Crippen LogP contribution >= 0.6 is 0 Å². The van der Waals surface area contributed by atoms with E-state index in [1.54, 1.807) is 4.90 Å². The van der Waals surface area contributed by atoms with Gasteiger partial charge in [0.05, 0.1) is 12.0 Å². The van der Waals surface area contributed by atoms with Crippen LogP contribution in [-0.2, 0) is 15.7 Å². The number of thiol groups is 1. The number of carbonyl (C=O) groups excluding carboxylic acids is 1. The Labute approximate surface area is 133 Å².